The number of nitrogens with one attached hydrogen (secondary N) is 1. The van der Waals surface area contributed by atoms with Gasteiger partial charge in [-0.3, -0.25) is 4.79 Å². The fourth-order valence-corrected chi connectivity index (χ4v) is 2.56. The Morgan fingerprint density at radius 1 is 1.17 bits per heavy atom. The molecule has 1 amide bonds. The van der Waals surface area contributed by atoms with Gasteiger partial charge in [0.05, 0.1) is 7.11 Å². The molecule has 0 spiro atoms. The average Bonchev–Trinajstić information content (AvgIpc) is 2.76. The van der Waals surface area contributed by atoms with Gasteiger partial charge in [0.2, 0.25) is 0 Å². The lowest BCUT2D eigenvalue weighted by Crippen LogP contribution is -2.26. The van der Waals surface area contributed by atoms with Gasteiger partial charge in [-0.1, -0.05) is 36.4 Å². The predicted octanol–water partition coefficient (Wildman–Crippen LogP) is 3.72. The van der Waals surface area contributed by atoms with E-state index in [2.05, 4.69) is 5.32 Å². The Bertz CT molecular complexity index is 857. The van der Waals surface area contributed by atoms with Crippen LogP contribution in [0.4, 0.5) is 0 Å². The fraction of sp³-hybridized carbons (Fsp3) is 0.304. The van der Waals surface area contributed by atoms with Gasteiger partial charge < -0.3 is 19.5 Å². The molecule has 0 aromatic heterocycles. The molecule has 0 heterocycles. The van der Waals surface area contributed by atoms with Crippen LogP contribution in [0.2, 0.25) is 0 Å². The van der Waals surface area contributed by atoms with Crippen LogP contribution in [0.25, 0.3) is 6.08 Å². The quantitative estimate of drug-likeness (QED) is 0.357. The highest BCUT2D eigenvalue weighted by molar-refractivity contribution is 6.01. The first kappa shape index (κ1) is 22.0. The van der Waals surface area contributed by atoms with Crippen LogP contribution >= 0.6 is 0 Å². The summed E-state index contributed by atoms with van der Waals surface area (Å²) in [5.41, 5.74) is 1.73. The molecule has 0 aliphatic rings. The van der Waals surface area contributed by atoms with Gasteiger partial charge in [-0.25, -0.2) is 0 Å². The lowest BCUT2D eigenvalue weighted by atomic mass is 10.1. The second kappa shape index (κ2) is 12.2. The summed E-state index contributed by atoms with van der Waals surface area (Å²) in [6, 6.07) is 17.0. The number of hydrogen-bond donors (Lipinski definition) is 1. The van der Waals surface area contributed by atoms with Crippen molar-refractivity contribution in [2.75, 3.05) is 26.9 Å². The molecule has 6 heteroatoms. The second-order valence-electron chi connectivity index (χ2n) is 6.16. The average molecular weight is 394 g/mol. The number of ether oxygens (including phenoxy) is 3. The number of amides is 1. The summed E-state index contributed by atoms with van der Waals surface area (Å²) in [5.74, 6) is 0.711. The van der Waals surface area contributed by atoms with Gasteiger partial charge in [0.15, 0.2) is 11.5 Å². The minimum absolute atomic E-state index is 0.0283. The third kappa shape index (κ3) is 7.32. The van der Waals surface area contributed by atoms with Crippen molar-refractivity contribution in [2.45, 2.75) is 20.0 Å². The number of benzene rings is 2. The Balaban J connectivity index is 2.07. The van der Waals surface area contributed by atoms with E-state index < -0.39 is 5.91 Å². The summed E-state index contributed by atoms with van der Waals surface area (Å²) in [5, 5.41) is 12.1. The van der Waals surface area contributed by atoms with E-state index in [0.29, 0.717) is 49.8 Å². The van der Waals surface area contributed by atoms with Crippen molar-refractivity contribution in [3.05, 3.63) is 65.2 Å². The van der Waals surface area contributed by atoms with Crippen LogP contribution in [0.3, 0.4) is 0 Å². The van der Waals surface area contributed by atoms with Gasteiger partial charge in [-0.2, -0.15) is 5.26 Å². The zero-order valence-corrected chi connectivity index (χ0v) is 16.8. The summed E-state index contributed by atoms with van der Waals surface area (Å²) in [6.07, 6.45) is 2.23. The van der Waals surface area contributed by atoms with Crippen LogP contribution in [-0.2, 0) is 16.1 Å². The van der Waals surface area contributed by atoms with Crippen LogP contribution in [0.15, 0.2) is 54.1 Å². The molecular formula is C23H26N2O4. The Hall–Kier alpha value is -3.30. The zero-order chi connectivity index (χ0) is 20.9. The summed E-state index contributed by atoms with van der Waals surface area (Å²) in [4.78, 5) is 12.2. The molecule has 2 aromatic rings. The van der Waals surface area contributed by atoms with E-state index in [9.17, 15) is 10.1 Å². The first-order chi connectivity index (χ1) is 14.2. The SMILES string of the molecule is CCOCCCNC(=O)/C(C#N)=C/c1ccc(OC)c(OCc2ccccc2)c1. The first-order valence-corrected chi connectivity index (χ1v) is 9.50. The number of hydrogen-bond acceptors (Lipinski definition) is 5. The molecule has 2 aromatic carbocycles. The molecular weight excluding hydrogens is 368 g/mol. The van der Waals surface area contributed by atoms with E-state index in [-0.39, 0.29) is 5.57 Å². The van der Waals surface area contributed by atoms with E-state index in [1.54, 1.807) is 25.3 Å². The molecule has 2 rings (SSSR count). The lowest BCUT2D eigenvalue weighted by molar-refractivity contribution is -0.117. The van der Waals surface area contributed by atoms with E-state index in [1.807, 2.05) is 43.3 Å². The minimum atomic E-state index is -0.411. The molecule has 1 N–H and O–H groups in total. The summed E-state index contributed by atoms with van der Waals surface area (Å²) in [6.45, 7) is 3.97. The summed E-state index contributed by atoms with van der Waals surface area (Å²) in [7, 11) is 1.57. The molecule has 6 nitrogen and oxygen atoms in total. The van der Waals surface area contributed by atoms with Crippen molar-refractivity contribution in [3.63, 3.8) is 0 Å². The lowest BCUT2D eigenvalue weighted by Gasteiger charge is -2.12. The maximum atomic E-state index is 12.2. The van der Waals surface area contributed by atoms with Crippen LogP contribution in [0, 0.1) is 11.3 Å². The Morgan fingerprint density at radius 2 is 1.97 bits per heavy atom. The normalized spacial score (nSPS) is 10.9. The third-order valence-corrected chi connectivity index (χ3v) is 4.06. The van der Waals surface area contributed by atoms with Crippen LogP contribution in [-0.4, -0.2) is 32.8 Å². The molecule has 0 saturated carbocycles. The maximum absolute atomic E-state index is 12.2. The monoisotopic (exact) mass is 394 g/mol. The van der Waals surface area contributed by atoms with E-state index in [1.165, 1.54) is 6.08 Å². The van der Waals surface area contributed by atoms with Gasteiger partial charge in [-0.05, 0) is 42.7 Å². The molecule has 0 radical (unpaired) electrons. The number of nitriles is 1. The van der Waals surface area contributed by atoms with Crippen molar-refractivity contribution in [2.24, 2.45) is 0 Å². The van der Waals surface area contributed by atoms with Crippen molar-refractivity contribution < 1.29 is 19.0 Å². The van der Waals surface area contributed by atoms with Gasteiger partial charge in [0.1, 0.15) is 18.2 Å². The number of rotatable bonds is 11. The van der Waals surface area contributed by atoms with E-state index in [0.717, 1.165) is 5.56 Å². The van der Waals surface area contributed by atoms with Crippen LogP contribution in [0.5, 0.6) is 11.5 Å². The first-order valence-electron chi connectivity index (χ1n) is 9.50. The number of nitrogens with zero attached hydrogens (tertiary/aromatic N) is 1. The molecule has 29 heavy (non-hydrogen) atoms. The van der Waals surface area contributed by atoms with Crippen molar-refractivity contribution in [3.8, 4) is 17.6 Å². The van der Waals surface area contributed by atoms with Gasteiger partial charge in [-0.15, -0.1) is 0 Å². The van der Waals surface area contributed by atoms with Gasteiger partial charge in [0, 0.05) is 19.8 Å². The summed E-state index contributed by atoms with van der Waals surface area (Å²) >= 11 is 0. The number of methoxy groups -OCH3 is 1. The molecule has 0 saturated heterocycles. The molecule has 0 aliphatic heterocycles. The fourth-order valence-electron chi connectivity index (χ4n) is 2.56. The maximum Gasteiger partial charge on any atom is 0.261 e. The van der Waals surface area contributed by atoms with E-state index in [4.69, 9.17) is 14.2 Å². The molecule has 0 unspecified atom stereocenters. The van der Waals surface area contributed by atoms with Crippen molar-refractivity contribution >= 4 is 12.0 Å². The Kier molecular flexibility index (Phi) is 9.26. The van der Waals surface area contributed by atoms with Gasteiger partial charge >= 0.3 is 0 Å². The van der Waals surface area contributed by atoms with Gasteiger partial charge in [0.25, 0.3) is 5.91 Å². The topological polar surface area (TPSA) is 80.6 Å². The highest BCUT2D eigenvalue weighted by Crippen LogP contribution is 2.29. The minimum Gasteiger partial charge on any atom is -0.493 e. The highest BCUT2D eigenvalue weighted by Gasteiger charge is 2.10. The van der Waals surface area contributed by atoms with Crippen molar-refractivity contribution in [1.82, 2.24) is 5.32 Å². The Labute approximate surface area is 171 Å². The zero-order valence-electron chi connectivity index (χ0n) is 16.8. The molecule has 152 valence electrons. The second-order valence-corrected chi connectivity index (χ2v) is 6.16. The molecule has 0 fully saturated rings. The molecule has 0 atom stereocenters. The largest absolute Gasteiger partial charge is 0.493 e. The van der Waals surface area contributed by atoms with E-state index >= 15 is 0 Å². The highest BCUT2D eigenvalue weighted by atomic mass is 16.5. The standard InChI is InChI=1S/C23H26N2O4/c1-3-28-13-7-12-25-23(26)20(16-24)14-19-10-11-21(27-2)22(15-19)29-17-18-8-5-4-6-9-18/h4-6,8-11,14-15H,3,7,12-13,17H2,1-2H3,(H,25,26)/b20-14+. The number of carbonyl (C=O) groups excluding carboxylic acids is 1. The Morgan fingerprint density at radius 3 is 2.66 bits per heavy atom. The molecule has 0 aliphatic carbocycles. The van der Waals surface area contributed by atoms with Crippen LogP contribution in [0.1, 0.15) is 24.5 Å². The summed E-state index contributed by atoms with van der Waals surface area (Å²) < 4.78 is 16.5. The third-order valence-electron chi connectivity index (χ3n) is 4.06. The smallest absolute Gasteiger partial charge is 0.261 e. The number of carbonyl (C=O) groups is 1. The predicted molar refractivity (Wildman–Crippen MR) is 111 cm³/mol. The van der Waals surface area contributed by atoms with Crippen molar-refractivity contribution in [1.29, 1.82) is 5.26 Å². The molecule has 0 bridgehead atoms. The van der Waals surface area contributed by atoms with Crippen LogP contribution < -0.4 is 14.8 Å².